The molecule has 0 radical (unpaired) electrons. The molecule has 1 unspecified atom stereocenters. The smallest absolute Gasteiger partial charge is 0.251 e. The maximum Gasteiger partial charge on any atom is 0.251 e. The van der Waals surface area contributed by atoms with Crippen LogP contribution in [-0.2, 0) is 4.74 Å². The molecule has 0 bridgehead atoms. The van der Waals surface area contributed by atoms with E-state index in [1.807, 2.05) is 36.4 Å². The van der Waals surface area contributed by atoms with Crippen molar-refractivity contribution in [2.75, 3.05) is 39.5 Å². The predicted molar refractivity (Wildman–Crippen MR) is 123 cm³/mol. The average molecular weight is 453 g/mol. The fraction of sp³-hybridized carbons (Fsp3) is 0.435. The molecule has 1 fully saturated rings. The molecule has 7 heteroatoms. The molecule has 1 saturated heterocycles. The van der Waals surface area contributed by atoms with Crippen molar-refractivity contribution in [2.24, 2.45) is 0 Å². The molecule has 164 valence electrons. The molecule has 2 aromatic rings. The molecular formula is C23H30Cl2N2O3. The Hall–Kier alpha value is -1.79. The van der Waals surface area contributed by atoms with E-state index in [2.05, 4.69) is 17.1 Å². The highest BCUT2D eigenvalue weighted by Crippen LogP contribution is 2.28. The minimum absolute atomic E-state index is 0. The zero-order valence-electron chi connectivity index (χ0n) is 17.3. The predicted octanol–water partition coefficient (Wildman–Crippen LogP) is 4.74. The van der Waals surface area contributed by atoms with Crippen LogP contribution >= 0.6 is 24.0 Å². The Labute approximate surface area is 190 Å². The zero-order chi connectivity index (χ0) is 20.5. The molecule has 0 aliphatic carbocycles. The first-order chi connectivity index (χ1) is 14.2. The molecule has 0 spiro atoms. The van der Waals surface area contributed by atoms with Gasteiger partial charge in [-0.2, -0.15) is 0 Å². The summed E-state index contributed by atoms with van der Waals surface area (Å²) in [5.74, 6) is 0.688. The number of halogens is 2. The Morgan fingerprint density at radius 3 is 2.53 bits per heavy atom. The quantitative estimate of drug-likeness (QED) is 0.557. The van der Waals surface area contributed by atoms with Gasteiger partial charge in [-0.3, -0.25) is 9.69 Å². The van der Waals surface area contributed by atoms with Crippen LogP contribution in [0.4, 0.5) is 0 Å². The highest BCUT2D eigenvalue weighted by Gasteiger charge is 2.25. The van der Waals surface area contributed by atoms with Gasteiger partial charge in [0.2, 0.25) is 0 Å². The largest absolute Gasteiger partial charge is 0.494 e. The third-order valence-corrected chi connectivity index (χ3v) is 5.43. The lowest BCUT2D eigenvalue weighted by Crippen LogP contribution is -2.44. The normalized spacial score (nSPS) is 15.1. The fourth-order valence-electron chi connectivity index (χ4n) is 3.40. The molecular weight excluding hydrogens is 423 g/mol. The lowest BCUT2D eigenvalue weighted by Gasteiger charge is -2.35. The van der Waals surface area contributed by atoms with Gasteiger partial charge >= 0.3 is 0 Å². The number of carbonyl (C=O) groups is 1. The molecule has 30 heavy (non-hydrogen) atoms. The molecule has 5 nitrogen and oxygen atoms in total. The minimum Gasteiger partial charge on any atom is -0.494 e. The topological polar surface area (TPSA) is 50.8 Å². The number of unbranched alkanes of at least 4 members (excludes halogenated alkanes) is 1. The third kappa shape index (κ3) is 6.88. The second kappa shape index (κ2) is 12.8. The van der Waals surface area contributed by atoms with Crippen LogP contribution in [0.15, 0.2) is 48.5 Å². The summed E-state index contributed by atoms with van der Waals surface area (Å²) in [6.45, 7) is 6.32. The fourth-order valence-corrected chi connectivity index (χ4v) is 3.66. The highest BCUT2D eigenvalue weighted by atomic mass is 35.5. The number of nitrogens with zero attached hydrogens (tertiary/aromatic N) is 1. The second-order valence-corrected chi connectivity index (χ2v) is 7.53. The van der Waals surface area contributed by atoms with Gasteiger partial charge in [-0.25, -0.2) is 0 Å². The number of ether oxygens (including phenoxy) is 2. The number of morpholine rings is 1. The van der Waals surface area contributed by atoms with E-state index in [9.17, 15) is 4.79 Å². The van der Waals surface area contributed by atoms with Crippen molar-refractivity contribution < 1.29 is 14.3 Å². The number of carbonyl (C=O) groups excluding carboxylic acids is 1. The van der Waals surface area contributed by atoms with Crippen molar-refractivity contribution in [3.8, 4) is 5.75 Å². The maximum absolute atomic E-state index is 12.7. The number of rotatable bonds is 9. The molecule has 1 aliphatic heterocycles. The van der Waals surface area contributed by atoms with Gasteiger partial charge < -0.3 is 14.8 Å². The van der Waals surface area contributed by atoms with Crippen LogP contribution in [0.1, 0.15) is 41.7 Å². The number of hydrogen-bond donors (Lipinski definition) is 1. The van der Waals surface area contributed by atoms with Crippen LogP contribution < -0.4 is 10.1 Å². The van der Waals surface area contributed by atoms with E-state index in [-0.39, 0.29) is 24.4 Å². The monoisotopic (exact) mass is 452 g/mol. The average Bonchev–Trinajstić information content (AvgIpc) is 2.76. The molecule has 1 atom stereocenters. The molecule has 1 N–H and O–H groups in total. The summed E-state index contributed by atoms with van der Waals surface area (Å²) in [5.41, 5.74) is 1.64. The van der Waals surface area contributed by atoms with E-state index < -0.39 is 0 Å². The van der Waals surface area contributed by atoms with E-state index in [0.29, 0.717) is 37.0 Å². The number of benzene rings is 2. The van der Waals surface area contributed by atoms with E-state index in [0.717, 1.165) is 37.2 Å². The summed E-state index contributed by atoms with van der Waals surface area (Å²) in [4.78, 5) is 15.0. The van der Waals surface area contributed by atoms with Crippen LogP contribution in [0.2, 0.25) is 5.02 Å². The van der Waals surface area contributed by atoms with Crippen molar-refractivity contribution >= 4 is 29.9 Å². The Balaban J connectivity index is 0.00000320. The zero-order valence-corrected chi connectivity index (χ0v) is 18.9. The molecule has 0 saturated carbocycles. The van der Waals surface area contributed by atoms with E-state index >= 15 is 0 Å². The van der Waals surface area contributed by atoms with Gasteiger partial charge in [0.05, 0.1) is 25.9 Å². The van der Waals surface area contributed by atoms with E-state index in [1.165, 1.54) is 0 Å². The lowest BCUT2D eigenvalue weighted by molar-refractivity contribution is 0.0162. The minimum atomic E-state index is -0.101. The molecule has 0 aromatic heterocycles. The molecule has 1 amide bonds. The van der Waals surface area contributed by atoms with Crippen molar-refractivity contribution in [3.63, 3.8) is 0 Å². The van der Waals surface area contributed by atoms with Crippen LogP contribution in [0.5, 0.6) is 5.75 Å². The Morgan fingerprint density at radius 1 is 1.17 bits per heavy atom. The van der Waals surface area contributed by atoms with E-state index in [4.69, 9.17) is 21.1 Å². The van der Waals surface area contributed by atoms with Gasteiger partial charge in [0.1, 0.15) is 5.75 Å². The SMILES string of the molecule is CCCCOc1ccc(C(=O)NCC(c2ccccc2Cl)N2CCOCC2)cc1.Cl. The second-order valence-electron chi connectivity index (χ2n) is 7.12. The summed E-state index contributed by atoms with van der Waals surface area (Å²) in [5, 5.41) is 3.79. The van der Waals surface area contributed by atoms with Gasteiger partial charge in [-0.05, 0) is 42.3 Å². The Bertz CT molecular complexity index is 780. The van der Waals surface area contributed by atoms with E-state index in [1.54, 1.807) is 12.1 Å². The summed E-state index contributed by atoms with van der Waals surface area (Å²) >= 11 is 6.46. The van der Waals surface area contributed by atoms with Crippen molar-refractivity contribution in [1.29, 1.82) is 0 Å². The van der Waals surface area contributed by atoms with Crippen LogP contribution in [0.3, 0.4) is 0 Å². The summed E-state index contributed by atoms with van der Waals surface area (Å²) in [7, 11) is 0. The summed E-state index contributed by atoms with van der Waals surface area (Å²) < 4.78 is 11.1. The molecule has 3 rings (SSSR count). The number of nitrogens with one attached hydrogen (secondary N) is 1. The standard InChI is InChI=1S/C23H29ClN2O3.ClH/c1-2-3-14-29-19-10-8-18(9-11-19)23(27)25-17-22(26-12-15-28-16-13-26)20-6-4-5-7-21(20)24;/h4-11,22H,2-3,12-17H2,1H3,(H,25,27);1H. The first-order valence-corrected chi connectivity index (χ1v) is 10.6. The van der Waals surface area contributed by atoms with Crippen LogP contribution in [-0.4, -0.2) is 50.3 Å². The lowest BCUT2D eigenvalue weighted by atomic mass is 10.0. The van der Waals surface area contributed by atoms with Gasteiger partial charge in [-0.1, -0.05) is 43.1 Å². The number of amides is 1. The van der Waals surface area contributed by atoms with Crippen molar-refractivity contribution in [3.05, 3.63) is 64.7 Å². The van der Waals surface area contributed by atoms with Crippen LogP contribution in [0, 0.1) is 0 Å². The first-order valence-electron chi connectivity index (χ1n) is 10.3. The summed E-state index contributed by atoms with van der Waals surface area (Å²) in [6.07, 6.45) is 2.11. The third-order valence-electron chi connectivity index (χ3n) is 5.09. The van der Waals surface area contributed by atoms with Gasteiger partial charge in [0, 0.05) is 30.2 Å². The maximum atomic E-state index is 12.7. The van der Waals surface area contributed by atoms with Gasteiger partial charge in [0.15, 0.2) is 0 Å². The summed E-state index contributed by atoms with van der Waals surface area (Å²) in [6, 6.07) is 15.1. The molecule has 1 aliphatic rings. The van der Waals surface area contributed by atoms with Crippen molar-refractivity contribution in [2.45, 2.75) is 25.8 Å². The molecule has 2 aromatic carbocycles. The molecule has 1 heterocycles. The first kappa shape index (κ1) is 24.5. The Morgan fingerprint density at radius 2 is 1.87 bits per heavy atom. The van der Waals surface area contributed by atoms with Gasteiger partial charge in [0.25, 0.3) is 5.91 Å². The van der Waals surface area contributed by atoms with Gasteiger partial charge in [-0.15, -0.1) is 12.4 Å². The number of hydrogen-bond acceptors (Lipinski definition) is 4. The van der Waals surface area contributed by atoms with Crippen LogP contribution in [0.25, 0.3) is 0 Å². The van der Waals surface area contributed by atoms with Crippen molar-refractivity contribution in [1.82, 2.24) is 10.2 Å². The highest BCUT2D eigenvalue weighted by molar-refractivity contribution is 6.31. The Kier molecular flexibility index (Phi) is 10.4.